The van der Waals surface area contributed by atoms with Crippen LogP contribution in [0.15, 0.2) is 22.6 Å². The molecule has 0 radical (unpaired) electrons. The molecule has 1 amide bonds. The Labute approximate surface area is 126 Å². The molecule has 3 rings (SSSR count). The Morgan fingerprint density at radius 2 is 2.20 bits per heavy atom. The van der Waals surface area contributed by atoms with Crippen molar-refractivity contribution < 1.29 is 4.79 Å². The first-order valence-electron chi connectivity index (χ1n) is 6.73. The van der Waals surface area contributed by atoms with Gasteiger partial charge in [-0.3, -0.25) is 4.79 Å². The van der Waals surface area contributed by atoms with Crippen molar-refractivity contribution in [2.45, 2.75) is 32.6 Å². The molecule has 0 fully saturated rings. The Bertz CT molecular complexity index is 655. The molecular formula is C15H16N2OS2. The quantitative estimate of drug-likeness (QED) is 0.681. The van der Waals surface area contributed by atoms with Crippen LogP contribution in [0, 0.1) is 6.92 Å². The van der Waals surface area contributed by atoms with Crippen LogP contribution < -0.4 is 5.43 Å². The Kier molecular flexibility index (Phi) is 3.98. The second kappa shape index (κ2) is 5.89. The molecule has 0 bridgehead atoms. The summed E-state index contributed by atoms with van der Waals surface area (Å²) in [4.78, 5) is 15.8. The number of carbonyl (C=O) groups is 1. The van der Waals surface area contributed by atoms with E-state index in [2.05, 4.69) is 17.5 Å². The first kappa shape index (κ1) is 13.5. The van der Waals surface area contributed by atoms with Crippen molar-refractivity contribution in [3.8, 4) is 0 Å². The average molecular weight is 304 g/mol. The van der Waals surface area contributed by atoms with Crippen LogP contribution in [-0.4, -0.2) is 12.1 Å². The van der Waals surface area contributed by atoms with Crippen LogP contribution in [0.2, 0.25) is 0 Å². The van der Waals surface area contributed by atoms with Gasteiger partial charge in [0.25, 0.3) is 5.91 Å². The minimum atomic E-state index is -0.0890. The molecule has 2 aromatic heterocycles. The van der Waals surface area contributed by atoms with E-state index in [1.807, 2.05) is 17.5 Å². The van der Waals surface area contributed by atoms with Gasteiger partial charge in [0.2, 0.25) is 0 Å². The summed E-state index contributed by atoms with van der Waals surface area (Å²) in [6, 6.07) is 4.05. The fraction of sp³-hybridized carbons (Fsp3) is 0.333. The predicted molar refractivity (Wildman–Crippen MR) is 85.1 cm³/mol. The first-order chi connectivity index (χ1) is 9.74. The highest BCUT2D eigenvalue weighted by atomic mass is 32.1. The highest BCUT2D eigenvalue weighted by molar-refractivity contribution is 7.13. The lowest BCUT2D eigenvalue weighted by molar-refractivity contribution is 0.0954. The summed E-state index contributed by atoms with van der Waals surface area (Å²) in [5.41, 5.74) is 4.68. The highest BCUT2D eigenvalue weighted by Gasteiger charge is 2.19. The Balaban J connectivity index is 1.67. The molecule has 0 saturated heterocycles. The van der Waals surface area contributed by atoms with Gasteiger partial charge in [0, 0.05) is 20.0 Å². The number of hydrogen-bond donors (Lipinski definition) is 1. The third-order valence-corrected chi connectivity index (χ3v) is 5.45. The van der Waals surface area contributed by atoms with E-state index in [0.29, 0.717) is 0 Å². The van der Waals surface area contributed by atoms with E-state index < -0.39 is 0 Å². The van der Waals surface area contributed by atoms with E-state index in [0.717, 1.165) is 23.3 Å². The monoisotopic (exact) mass is 304 g/mol. The molecule has 0 saturated carbocycles. The van der Waals surface area contributed by atoms with Crippen molar-refractivity contribution in [3.63, 3.8) is 0 Å². The van der Waals surface area contributed by atoms with Crippen LogP contribution in [0.5, 0.6) is 0 Å². The van der Waals surface area contributed by atoms with Crippen molar-refractivity contribution in [2.75, 3.05) is 0 Å². The molecule has 1 aliphatic rings. The van der Waals surface area contributed by atoms with Crippen molar-refractivity contribution in [3.05, 3.63) is 43.3 Å². The molecule has 20 heavy (non-hydrogen) atoms. The minimum Gasteiger partial charge on any atom is -0.267 e. The molecule has 0 unspecified atom stereocenters. The van der Waals surface area contributed by atoms with Gasteiger partial charge in [0.1, 0.15) is 0 Å². The maximum absolute atomic E-state index is 12.2. The smallest absolute Gasteiger partial charge is 0.267 e. The highest BCUT2D eigenvalue weighted by Crippen LogP contribution is 2.30. The van der Waals surface area contributed by atoms with Crippen molar-refractivity contribution in [1.29, 1.82) is 0 Å². The largest absolute Gasteiger partial charge is 0.272 e. The lowest BCUT2D eigenvalue weighted by Gasteiger charge is -2.11. The standard InChI is InChI=1S/C15H16N2OS2/c1-10-6-7-11(20-10)8-16-17-15(18)13-9-19-14-5-3-2-4-12(13)14/h6-9H,2-5H2,1H3,(H,17,18). The Morgan fingerprint density at radius 1 is 1.35 bits per heavy atom. The number of carbonyl (C=O) groups excluding carboxylic acids is 1. The summed E-state index contributed by atoms with van der Waals surface area (Å²) in [5.74, 6) is -0.0890. The summed E-state index contributed by atoms with van der Waals surface area (Å²) in [6.07, 6.45) is 6.26. The van der Waals surface area contributed by atoms with E-state index in [1.165, 1.54) is 28.2 Å². The Hall–Kier alpha value is -1.46. The molecule has 1 N–H and O–H groups in total. The SMILES string of the molecule is Cc1ccc(C=NNC(=O)c2csc3c2CCCC3)s1. The lowest BCUT2D eigenvalue weighted by Crippen LogP contribution is -2.19. The number of nitrogens with one attached hydrogen (secondary N) is 1. The number of hydrazone groups is 1. The van der Waals surface area contributed by atoms with E-state index >= 15 is 0 Å². The maximum atomic E-state index is 12.2. The van der Waals surface area contributed by atoms with Crippen molar-refractivity contribution in [1.82, 2.24) is 5.43 Å². The van der Waals surface area contributed by atoms with Gasteiger partial charge in [0.05, 0.1) is 11.8 Å². The summed E-state index contributed by atoms with van der Waals surface area (Å²) in [6.45, 7) is 2.05. The first-order valence-corrected chi connectivity index (χ1v) is 8.43. The molecule has 0 spiro atoms. The molecule has 5 heteroatoms. The second-order valence-corrected chi connectivity index (χ2v) is 7.19. The van der Waals surface area contributed by atoms with Crippen LogP contribution in [0.3, 0.4) is 0 Å². The van der Waals surface area contributed by atoms with E-state index in [4.69, 9.17) is 0 Å². The number of nitrogens with zero attached hydrogens (tertiary/aromatic N) is 1. The average Bonchev–Trinajstić information content (AvgIpc) is 3.05. The predicted octanol–water partition coefficient (Wildman–Crippen LogP) is 3.76. The van der Waals surface area contributed by atoms with Gasteiger partial charge in [-0.15, -0.1) is 22.7 Å². The Morgan fingerprint density at radius 3 is 3.00 bits per heavy atom. The summed E-state index contributed by atoms with van der Waals surface area (Å²) in [5, 5.41) is 6.02. The second-order valence-electron chi connectivity index (χ2n) is 4.91. The fourth-order valence-corrected chi connectivity index (χ4v) is 4.30. The number of aryl methyl sites for hydroxylation is 2. The molecule has 0 atom stereocenters. The van der Waals surface area contributed by atoms with Crippen LogP contribution >= 0.6 is 22.7 Å². The molecule has 104 valence electrons. The normalized spacial score (nSPS) is 14.4. The van der Waals surface area contributed by atoms with Gasteiger partial charge in [0.15, 0.2) is 0 Å². The van der Waals surface area contributed by atoms with E-state index in [-0.39, 0.29) is 5.91 Å². The van der Waals surface area contributed by atoms with Gasteiger partial charge < -0.3 is 0 Å². The lowest BCUT2D eigenvalue weighted by atomic mass is 9.96. The summed E-state index contributed by atoms with van der Waals surface area (Å²) in [7, 11) is 0. The third kappa shape index (κ3) is 2.83. The van der Waals surface area contributed by atoms with Crippen LogP contribution in [0.4, 0.5) is 0 Å². The third-order valence-electron chi connectivity index (χ3n) is 3.43. The van der Waals surface area contributed by atoms with Crippen LogP contribution in [0.1, 0.15) is 43.4 Å². The number of hydrogen-bond acceptors (Lipinski definition) is 4. The fourth-order valence-electron chi connectivity index (χ4n) is 2.42. The molecule has 0 aliphatic heterocycles. The summed E-state index contributed by atoms with van der Waals surface area (Å²) >= 11 is 3.36. The zero-order valence-electron chi connectivity index (χ0n) is 11.3. The topological polar surface area (TPSA) is 41.5 Å². The van der Waals surface area contributed by atoms with Crippen molar-refractivity contribution in [2.24, 2.45) is 5.10 Å². The zero-order valence-corrected chi connectivity index (χ0v) is 12.9. The number of rotatable bonds is 3. The number of fused-ring (bicyclic) bond motifs is 1. The van der Waals surface area contributed by atoms with Gasteiger partial charge >= 0.3 is 0 Å². The van der Waals surface area contributed by atoms with Gasteiger partial charge in [-0.25, -0.2) is 5.43 Å². The molecule has 1 aliphatic carbocycles. The summed E-state index contributed by atoms with van der Waals surface area (Å²) < 4.78 is 0. The van der Waals surface area contributed by atoms with Crippen molar-refractivity contribution >= 4 is 34.8 Å². The van der Waals surface area contributed by atoms with E-state index in [1.54, 1.807) is 28.9 Å². The number of thiophene rings is 2. The van der Waals surface area contributed by atoms with Gasteiger partial charge in [-0.2, -0.15) is 5.10 Å². The maximum Gasteiger partial charge on any atom is 0.272 e. The molecule has 2 heterocycles. The number of amides is 1. The minimum absolute atomic E-state index is 0.0890. The van der Waals surface area contributed by atoms with Crippen LogP contribution in [-0.2, 0) is 12.8 Å². The molecular weight excluding hydrogens is 288 g/mol. The van der Waals surface area contributed by atoms with Gasteiger partial charge in [-0.1, -0.05) is 0 Å². The van der Waals surface area contributed by atoms with E-state index in [9.17, 15) is 4.79 Å². The molecule has 0 aromatic carbocycles. The molecule has 3 nitrogen and oxygen atoms in total. The van der Waals surface area contributed by atoms with Gasteiger partial charge in [-0.05, 0) is 50.3 Å². The molecule has 2 aromatic rings. The van der Waals surface area contributed by atoms with Crippen LogP contribution in [0.25, 0.3) is 0 Å². The zero-order chi connectivity index (χ0) is 13.9.